The minimum Gasteiger partial charge on any atom is -0.349 e. The van der Waals surface area contributed by atoms with E-state index in [1.165, 1.54) is 46.4 Å². The maximum absolute atomic E-state index is 13.0. The van der Waals surface area contributed by atoms with Crippen molar-refractivity contribution in [3.63, 3.8) is 0 Å². The Kier molecular flexibility index (Phi) is 6.64. The van der Waals surface area contributed by atoms with E-state index in [-0.39, 0.29) is 23.5 Å². The standard InChI is InChI=1S/C20H21FN4OS2/c1-12-4-9-17(10-13(12)2)23-19-24-25-20(28-19)27-11-18(26)22-14(3)15-5-7-16(21)8-6-15/h4-10,14H,11H2,1-3H3,(H,22,26)(H,23,24)/t14-/m0/s1. The number of amides is 1. The molecular formula is C20H21FN4OS2. The Hall–Kier alpha value is -2.45. The number of hydrogen-bond donors (Lipinski definition) is 2. The normalized spacial score (nSPS) is 11.9. The molecule has 3 aromatic rings. The Balaban J connectivity index is 1.50. The number of halogens is 1. The van der Waals surface area contributed by atoms with Crippen molar-refractivity contribution in [3.8, 4) is 0 Å². The molecule has 1 atom stereocenters. The molecule has 8 heteroatoms. The van der Waals surface area contributed by atoms with Crippen molar-refractivity contribution in [2.45, 2.75) is 31.2 Å². The molecule has 0 unspecified atom stereocenters. The number of benzene rings is 2. The number of aromatic nitrogens is 2. The van der Waals surface area contributed by atoms with Gasteiger partial charge in [0.05, 0.1) is 11.8 Å². The number of aryl methyl sites for hydroxylation is 2. The molecule has 0 saturated carbocycles. The number of thioether (sulfide) groups is 1. The highest BCUT2D eigenvalue weighted by Crippen LogP contribution is 2.28. The van der Waals surface area contributed by atoms with Gasteiger partial charge in [-0.3, -0.25) is 4.79 Å². The van der Waals surface area contributed by atoms with E-state index in [4.69, 9.17) is 0 Å². The molecule has 0 aliphatic heterocycles. The second-order valence-corrected chi connectivity index (χ2v) is 8.63. The SMILES string of the molecule is Cc1ccc(Nc2nnc(SCC(=O)N[C@@H](C)c3ccc(F)cc3)s2)cc1C. The quantitative estimate of drug-likeness (QED) is 0.530. The first-order valence-electron chi connectivity index (χ1n) is 8.76. The monoisotopic (exact) mass is 416 g/mol. The summed E-state index contributed by atoms with van der Waals surface area (Å²) in [7, 11) is 0. The summed E-state index contributed by atoms with van der Waals surface area (Å²) in [5, 5.41) is 15.1. The average Bonchev–Trinajstić information content (AvgIpc) is 3.11. The zero-order chi connectivity index (χ0) is 20.1. The topological polar surface area (TPSA) is 66.9 Å². The lowest BCUT2D eigenvalue weighted by Crippen LogP contribution is -2.28. The third kappa shape index (κ3) is 5.53. The summed E-state index contributed by atoms with van der Waals surface area (Å²) in [6.45, 7) is 6.00. The van der Waals surface area contributed by atoms with Crippen LogP contribution in [0.4, 0.5) is 15.2 Å². The van der Waals surface area contributed by atoms with Gasteiger partial charge in [0.1, 0.15) is 5.82 Å². The Bertz CT molecular complexity index is 959. The Morgan fingerprint density at radius 2 is 1.89 bits per heavy atom. The van der Waals surface area contributed by atoms with Crippen LogP contribution in [0.1, 0.15) is 29.7 Å². The van der Waals surface area contributed by atoms with Gasteiger partial charge in [0.15, 0.2) is 4.34 Å². The van der Waals surface area contributed by atoms with Crippen molar-refractivity contribution < 1.29 is 9.18 Å². The lowest BCUT2D eigenvalue weighted by molar-refractivity contribution is -0.119. The van der Waals surface area contributed by atoms with Crippen LogP contribution in [0.5, 0.6) is 0 Å². The largest absolute Gasteiger partial charge is 0.349 e. The molecule has 2 N–H and O–H groups in total. The smallest absolute Gasteiger partial charge is 0.230 e. The summed E-state index contributed by atoms with van der Waals surface area (Å²) in [6, 6.07) is 12.0. The van der Waals surface area contributed by atoms with E-state index in [2.05, 4.69) is 46.8 Å². The van der Waals surface area contributed by atoms with Crippen molar-refractivity contribution >= 4 is 39.8 Å². The molecule has 1 aromatic heterocycles. The highest BCUT2D eigenvalue weighted by molar-refractivity contribution is 8.01. The summed E-state index contributed by atoms with van der Waals surface area (Å²) in [6.07, 6.45) is 0. The van der Waals surface area contributed by atoms with Crippen molar-refractivity contribution in [2.24, 2.45) is 0 Å². The lowest BCUT2D eigenvalue weighted by atomic mass is 10.1. The average molecular weight is 417 g/mol. The van der Waals surface area contributed by atoms with Crippen LogP contribution in [-0.2, 0) is 4.79 Å². The second-order valence-electron chi connectivity index (χ2n) is 6.43. The van der Waals surface area contributed by atoms with Gasteiger partial charge >= 0.3 is 0 Å². The molecule has 0 aliphatic rings. The van der Waals surface area contributed by atoms with E-state index >= 15 is 0 Å². The van der Waals surface area contributed by atoms with E-state index in [1.54, 1.807) is 12.1 Å². The number of nitrogens with zero attached hydrogens (tertiary/aromatic N) is 2. The molecular weight excluding hydrogens is 395 g/mol. The number of rotatable bonds is 7. The van der Waals surface area contributed by atoms with Gasteiger partial charge in [0.2, 0.25) is 11.0 Å². The van der Waals surface area contributed by atoms with Crippen LogP contribution in [0.3, 0.4) is 0 Å². The van der Waals surface area contributed by atoms with E-state index in [1.807, 2.05) is 13.0 Å². The number of hydrogen-bond acceptors (Lipinski definition) is 6. The Morgan fingerprint density at radius 1 is 1.14 bits per heavy atom. The van der Waals surface area contributed by atoms with Gasteiger partial charge in [-0.1, -0.05) is 41.3 Å². The number of anilines is 2. The zero-order valence-electron chi connectivity index (χ0n) is 15.8. The maximum Gasteiger partial charge on any atom is 0.230 e. The third-order valence-electron chi connectivity index (χ3n) is 4.24. The van der Waals surface area contributed by atoms with E-state index < -0.39 is 0 Å². The van der Waals surface area contributed by atoms with Crippen molar-refractivity contribution in [3.05, 3.63) is 65.0 Å². The molecule has 146 valence electrons. The Morgan fingerprint density at radius 3 is 2.61 bits per heavy atom. The van der Waals surface area contributed by atoms with Crippen LogP contribution < -0.4 is 10.6 Å². The summed E-state index contributed by atoms with van der Waals surface area (Å²) in [4.78, 5) is 12.2. The van der Waals surface area contributed by atoms with Crippen LogP contribution in [0.15, 0.2) is 46.8 Å². The predicted molar refractivity (Wildman–Crippen MR) is 113 cm³/mol. The molecule has 1 amide bonds. The zero-order valence-corrected chi connectivity index (χ0v) is 17.5. The van der Waals surface area contributed by atoms with Crippen molar-refractivity contribution in [2.75, 3.05) is 11.1 Å². The van der Waals surface area contributed by atoms with Gasteiger partial charge in [0, 0.05) is 5.69 Å². The van der Waals surface area contributed by atoms with Gasteiger partial charge in [-0.2, -0.15) is 0 Å². The van der Waals surface area contributed by atoms with Crippen LogP contribution in [0, 0.1) is 19.7 Å². The fourth-order valence-electron chi connectivity index (χ4n) is 2.51. The van der Waals surface area contributed by atoms with Gasteiger partial charge in [0.25, 0.3) is 0 Å². The van der Waals surface area contributed by atoms with E-state index in [9.17, 15) is 9.18 Å². The number of carbonyl (C=O) groups is 1. The van der Waals surface area contributed by atoms with Gasteiger partial charge in [-0.05, 0) is 61.7 Å². The first-order chi connectivity index (χ1) is 13.4. The number of carbonyl (C=O) groups excluding carboxylic acids is 1. The second kappa shape index (κ2) is 9.16. The fraction of sp³-hybridized carbons (Fsp3) is 0.250. The predicted octanol–water partition coefficient (Wildman–Crippen LogP) is 5.01. The molecule has 0 bridgehead atoms. The molecule has 5 nitrogen and oxygen atoms in total. The fourth-order valence-corrected chi connectivity index (χ4v) is 4.09. The highest BCUT2D eigenvalue weighted by Gasteiger charge is 2.12. The first kappa shape index (κ1) is 20.3. The summed E-state index contributed by atoms with van der Waals surface area (Å²) >= 11 is 2.74. The van der Waals surface area contributed by atoms with Crippen molar-refractivity contribution in [1.82, 2.24) is 15.5 Å². The van der Waals surface area contributed by atoms with Gasteiger partial charge in [-0.25, -0.2) is 4.39 Å². The van der Waals surface area contributed by atoms with E-state index in [0.717, 1.165) is 15.6 Å². The molecule has 0 spiro atoms. The molecule has 0 aliphatic carbocycles. The maximum atomic E-state index is 13.0. The Labute approximate surface area is 171 Å². The van der Waals surface area contributed by atoms with Crippen LogP contribution in [0.25, 0.3) is 0 Å². The first-order valence-corrected chi connectivity index (χ1v) is 10.6. The molecule has 0 saturated heterocycles. The van der Waals surface area contributed by atoms with Crippen LogP contribution in [-0.4, -0.2) is 21.9 Å². The van der Waals surface area contributed by atoms with Crippen molar-refractivity contribution in [1.29, 1.82) is 0 Å². The van der Waals surface area contributed by atoms with Crippen LogP contribution >= 0.6 is 23.1 Å². The molecule has 0 fully saturated rings. The summed E-state index contributed by atoms with van der Waals surface area (Å²) in [5.41, 5.74) is 4.26. The van der Waals surface area contributed by atoms with Crippen LogP contribution in [0.2, 0.25) is 0 Å². The molecule has 28 heavy (non-hydrogen) atoms. The van der Waals surface area contributed by atoms with Gasteiger partial charge in [-0.15, -0.1) is 10.2 Å². The highest BCUT2D eigenvalue weighted by atomic mass is 32.2. The van der Waals surface area contributed by atoms with Gasteiger partial charge < -0.3 is 10.6 Å². The molecule has 0 radical (unpaired) electrons. The lowest BCUT2D eigenvalue weighted by Gasteiger charge is -2.13. The third-order valence-corrected chi connectivity index (χ3v) is 6.21. The number of nitrogens with one attached hydrogen (secondary N) is 2. The minimum absolute atomic E-state index is 0.110. The van der Waals surface area contributed by atoms with E-state index in [0.29, 0.717) is 5.13 Å². The molecule has 3 rings (SSSR count). The minimum atomic E-state index is -0.292. The summed E-state index contributed by atoms with van der Waals surface area (Å²) < 4.78 is 13.7. The summed E-state index contributed by atoms with van der Waals surface area (Å²) in [5.74, 6) is -0.163. The molecule has 1 heterocycles. The molecule has 2 aromatic carbocycles.